The largest absolute Gasteiger partial charge is 0.354 e. The molecule has 0 radical (unpaired) electrons. The number of aromatic nitrogens is 1. The quantitative estimate of drug-likeness (QED) is 0.530. The molecule has 0 saturated heterocycles. The average Bonchev–Trinajstić information content (AvgIpc) is 2.66. The molecule has 0 N–H and O–H groups in total. The molecule has 1 heterocycles. The fraction of sp³-hybridized carbons (Fsp3) is 0.727. The maximum Gasteiger partial charge on any atom is 0.334 e. The van der Waals surface area contributed by atoms with Gasteiger partial charge in [0.1, 0.15) is 0 Å². The number of hydrogen-bond donors (Lipinski definition) is 0. The van der Waals surface area contributed by atoms with E-state index in [9.17, 15) is 20.2 Å². The average molecular weight is 271 g/mol. The van der Waals surface area contributed by atoms with Crippen molar-refractivity contribution in [1.82, 2.24) is 5.16 Å². The molecule has 8 heteroatoms. The van der Waals surface area contributed by atoms with Gasteiger partial charge in [-0.15, -0.1) is 0 Å². The lowest BCUT2D eigenvalue weighted by Gasteiger charge is -2.09. The van der Waals surface area contributed by atoms with Gasteiger partial charge in [0.2, 0.25) is 12.3 Å². The first-order chi connectivity index (χ1) is 8.95. The standard InChI is InChI=1S/C11H17N3O5/c1-3-4-5-9(7-13(15)16)6-10-11(14(17)18)8(2)12-19-10/h9H,3-7H2,1-2H3/t9-/m0/s1. The Morgan fingerprint density at radius 2 is 2.05 bits per heavy atom. The monoisotopic (exact) mass is 271 g/mol. The summed E-state index contributed by atoms with van der Waals surface area (Å²) in [5.74, 6) is -0.133. The van der Waals surface area contributed by atoms with Gasteiger partial charge in [0.25, 0.3) is 0 Å². The van der Waals surface area contributed by atoms with Crippen LogP contribution in [-0.2, 0) is 6.42 Å². The zero-order valence-electron chi connectivity index (χ0n) is 11.0. The Hall–Kier alpha value is -1.99. The third-order valence-corrected chi connectivity index (χ3v) is 2.93. The van der Waals surface area contributed by atoms with Crippen LogP contribution in [-0.4, -0.2) is 21.5 Å². The molecule has 1 rings (SSSR count). The van der Waals surface area contributed by atoms with Crippen LogP contribution in [0.1, 0.15) is 37.6 Å². The van der Waals surface area contributed by atoms with E-state index >= 15 is 0 Å². The molecule has 0 bridgehead atoms. The highest BCUT2D eigenvalue weighted by atomic mass is 16.6. The summed E-state index contributed by atoms with van der Waals surface area (Å²) in [7, 11) is 0. The Labute approximate surface area is 110 Å². The van der Waals surface area contributed by atoms with Crippen LogP contribution in [0, 0.1) is 33.1 Å². The lowest BCUT2D eigenvalue weighted by molar-refractivity contribution is -0.488. The molecule has 0 amide bonds. The van der Waals surface area contributed by atoms with Crippen molar-refractivity contribution in [2.45, 2.75) is 39.5 Å². The van der Waals surface area contributed by atoms with Gasteiger partial charge < -0.3 is 4.52 Å². The van der Waals surface area contributed by atoms with E-state index in [2.05, 4.69) is 5.16 Å². The lowest BCUT2D eigenvalue weighted by atomic mass is 9.96. The zero-order chi connectivity index (χ0) is 14.4. The third-order valence-electron chi connectivity index (χ3n) is 2.93. The van der Waals surface area contributed by atoms with Crippen LogP contribution in [0.15, 0.2) is 4.52 Å². The molecule has 106 valence electrons. The molecule has 0 aliphatic heterocycles. The van der Waals surface area contributed by atoms with Crippen molar-refractivity contribution in [2.75, 3.05) is 6.54 Å². The lowest BCUT2D eigenvalue weighted by Crippen LogP contribution is -2.17. The highest BCUT2D eigenvalue weighted by Crippen LogP contribution is 2.26. The van der Waals surface area contributed by atoms with Gasteiger partial charge in [-0.1, -0.05) is 24.9 Å². The van der Waals surface area contributed by atoms with E-state index in [4.69, 9.17) is 4.52 Å². The first kappa shape index (κ1) is 15.1. The van der Waals surface area contributed by atoms with E-state index < -0.39 is 9.85 Å². The molecule has 1 atom stereocenters. The summed E-state index contributed by atoms with van der Waals surface area (Å²) in [6.07, 6.45) is 2.59. The summed E-state index contributed by atoms with van der Waals surface area (Å²) in [5, 5.41) is 25.1. The summed E-state index contributed by atoms with van der Waals surface area (Å²) in [5.41, 5.74) is 0.0418. The molecule has 19 heavy (non-hydrogen) atoms. The van der Waals surface area contributed by atoms with Gasteiger partial charge in [0.05, 0.1) is 4.92 Å². The SMILES string of the molecule is CCCC[C@@H](Cc1onc(C)c1[N+](=O)[O-])C[N+](=O)[O-]. The number of unbranched alkanes of at least 4 members (excludes halogenated alkanes) is 1. The summed E-state index contributed by atoms with van der Waals surface area (Å²) < 4.78 is 4.93. The van der Waals surface area contributed by atoms with Crippen molar-refractivity contribution in [3.63, 3.8) is 0 Å². The molecule has 0 unspecified atom stereocenters. The van der Waals surface area contributed by atoms with E-state index in [0.29, 0.717) is 6.42 Å². The molecule has 0 fully saturated rings. The predicted molar refractivity (Wildman–Crippen MR) is 66.5 cm³/mol. The molecule has 0 aliphatic rings. The van der Waals surface area contributed by atoms with Crippen LogP contribution in [0.3, 0.4) is 0 Å². The van der Waals surface area contributed by atoms with E-state index in [-0.39, 0.29) is 36.0 Å². The van der Waals surface area contributed by atoms with Crippen molar-refractivity contribution in [3.05, 3.63) is 31.7 Å². The van der Waals surface area contributed by atoms with Crippen molar-refractivity contribution in [3.8, 4) is 0 Å². The summed E-state index contributed by atoms with van der Waals surface area (Å²) >= 11 is 0. The number of rotatable bonds is 8. The van der Waals surface area contributed by atoms with E-state index in [1.807, 2.05) is 6.92 Å². The number of aryl methyl sites for hydroxylation is 1. The van der Waals surface area contributed by atoms with Gasteiger partial charge in [-0.05, 0) is 13.3 Å². The molecule has 1 aromatic rings. The van der Waals surface area contributed by atoms with E-state index in [1.54, 1.807) is 0 Å². The van der Waals surface area contributed by atoms with Gasteiger partial charge in [0, 0.05) is 17.3 Å². The highest BCUT2D eigenvalue weighted by Gasteiger charge is 2.28. The van der Waals surface area contributed by atoms with Crippen LogP contribution >= 0.6 is 0 Å². The second-order valence-electron chi connectivity index (χ2n) is 4.52. The first-order valence-corrected chi connectivity index (χ1v) is 6.17. The zero-order valence-corrected chi connectivity index (χ0v) is 11.0. The Bertz CT molecular complexity index is 457. The maximum absolute atomic E-state index is 10.9. The maximum atomic E-state index is 10.9. The molecule has 8 nitrogen and oxygen atoms in total. The number of hydrogen-bond acceptors (Lipinski definition) is 6. The van der Waals surface area contributed by atoms with Crippen LogP contribution in [0.4, 0.5) is 5.69 Å². The molecular formula is C11H17N3O5. The number of nitrogens with zero attached hydrogens (tertiary/aromatic N) is 3. The molecule has 0 saturated carbocycles. The minimum Gasteiger partial charge on any atom is -0.354 e. The minimum absolute atomic E-state index is 0.130. The van der Waals surface area contributed by atoms with Crippen molar-refractivity contribution < 1.29 is 14.4 Å². The Kier molecular flexibility index (Phi) is 5.40. The fourth-order valence-electron chi connectivity index (χ4n) is 2.00. The molecular weight excluding hydrogens is 254 g/mol. The second kappa shape index (κ2) is 6.81. The second-order valence-corrected chi connectivity index (χ2v) is 4.52. The summed E-state index contributed by atoms with van der Waals surface area (Å²) in [6.45, 7) is 3.26. The topological polar surface area (TPSA) is 112 Å². The van der Waals surface area contributed by atoms with Crippen molar-refractivity contribution >= 4 is 5.69 Å². The Morgan fingerprint density at radius 1 is 1.37 bits per heavy atom. The van der Waals surface area contributed by atoms with Gasteiger partial charge in [-0.3, -0.25) is 20.2 Å². The fourth-order valence-corrected chi connectivity index (χ4v) is 2.00. The molecule has 0 aliphatic carbocycles. The van der Waals surface area contributed by atoms with Gasteiger partial charge >= 0.3 is 5.69 Å². The van der Waals surface area contributed by atoms with Gasteiger partial charge in [0.15, 0.2) is 5.69 Å². The Morgan fingerprint density at radius 3 is 2.58 bits per heavy atom. The van der Waals surface area contributed by atoms with Crippen LogP contribution in [0.25, 0.3) is 0 Å². The normalized spacial score (nSPS) is 12.3. The van der Waals surface area contributed by atoms with Gasteiger partial charge in [-0.25, -0.2) is 0 Å². The molecule has 0 spiro atoms. The van der Waals surface area contributed by atoms with Crippen LogP contribution in [0.5, 0.6) is 0 Å². The first-order valence-electron chi connectivity index (χ1n) is 6.17. The van der Waals surface area contributed by atoms with Gasteiger partial charge in [-0.2, -0.15) is 0 Å². The van der Waals surface area contributed by atoms with E-state index in [0.717, 1.165) is 12.8 Å². The van der Waals surface area contributed by atoms with Crippen LogP contribution < -0.4 is 0 Å². The van der Waals surface area contributed by atoms with Crippen molar-refractivity contribution in [1.29, 1.82) is 0 Å². The van der Waals surface area contributed by atoms with Crippen molar-refractivity contribution in [2.24, 2.45) is 5.92 Å². The summed E-state index contributed by atoms with van der Waals surface area (Å²) in [4.78, 5) is 20.6. The van der Waals surface area contributed by atoms with E-state index in [1.165, 1.54) is 6.92 Å². The Balaban J connectivity index is 2.83. The predicted octanol–water partition coefficient (Wildman–Crippen LogP) is 2.52. The third kappa shape index (κ3) is 4.31. The number of nitro groups is 2. The molecule has 0 aromatic carbocycles. The van der Waals surface area contributed by atoms with Crippen LogP contribution in [0.2, 0.25) is 0 Å². The molecule has 1 aromatic heterocycles. The highest BCUT2D eigenvalue weighted by molar-refractivity contribution is 5.37. The smallest absolute Gasteiger partial charge is 0.334 e. The minimum atomic E-state index is -0.551. The summed E-state index contributed by atoms with van der Waals surface area (Å²) in [6, 6.07) is 0.